The predicted octanol–water partition coefficient (Wildman–Crippen LogP) is -0.908. The topological polar surface area (TPSA) is 47.9 Å². The first-order chi connectivity index (χ1) is 4.88. The quantitative estimate of drug-likeness (QED) is 0.457. The van der Waals surface area contributed by atoms with E-state index in [4.69, 9.17) is 0 Å². The van der Waals surface area contributed by atoms with E-state index in [9.17, 15) is 5.11 Å². The zero-order valence-corrected chi connectivity index (χ0v) is 5.44. The summed E-state index contributed by atoms with van der Waals surface area (Å²) in [6.07, 6.45) is 4.93. The van der Waals surface area contributed by atoms with Gasteiger partial charge in [0.05, 0.1) is 6.10 Å². The summed E-state index contributed by atoms with van der Waals surface area (Å²) < 4.78 is 0. The highest BCUT2D eigenvalue weighted by molar-refractivity contribution is 5.67. The van der Waals surface area contributed by atoms with Crippen molar-refractivity contribution in [3.63, 3.8) is 0 Å². The van der Waals surface area contributed by atoms with E-state index in [1.807, 2.05) is 11.2 Å². The van der Waals surface area contributed by atoms with Crippen molar-refractivity contribution in [2.45, 2.75) is 12.1 Å². The Bertz CT molecular complexity index is 189. The number of hydrogen-bond donors (Lipinski definition) is 2. The molecule has 2 N–H and O–H groups in total. The van der Waals surface area contributed by atoms with Crippen molar-refractivity contribution in [2.75, 3.05) is 6.54 Å². The van der Waals surface area contributed by atoms with Gasteiger partial charge in [-0.15, -0.1) is 0 Å². The Morgan fingerprint density at radius 2 is 2.60 bits per heavy atom. The standard InChI is InChI=1S/C6H9N3O/c10-6-4-8-9-2-1-7-3-5(6)9/h1-3,5-6,8,10H,4H2. The number of hydrogen-bond acceptors (Lipinski definition) is 4. The van der Waals surface area contributed by atoms with Crippen LogP contribution in [0.25, 0.3) is 0 Å². The summed E-state index contributed by atoms with van der Waals surface area (Å²) in [4.78, 5) is 3.92. The van der Waals surface area contributed by atoms with Gasteiger partial charge in [0.2, 0.25) is 0 Å². The fourth-order valence-corrected chi connectivity index (χ4v) is 1.18. The summed E-state index contributed by atoms with van der Waals surface area (Å²) in [7, 11) is 0. The predicted molar refractivity (Wildman–Crippen MR) is 37.3 cm³/mol. The first-order valence-corrected chi connectivity index (χ1v) is 3.28. The zero-order valence-electron chi connectivity index (χ0n) is 5.44. The van der Waals surface area contributed by atoms with Crippen molar-refractivity contribution >= 4 is 6.21 Å². The van der Waals surface area contributed by atoms with Gasteiger partial charge < -0.3 is 10.1 Å². The molecular formula is C6H9N3O. The van der Waals surface area contributed by atoms with E-state index in [0.717, 1.165) is 0 Å². The lowest BCUT2D eigenvalue weighted by Crippen LogP contribution is -2.37. The number of aliphatic imine (C=N–C) groups is 1. The molecule has 2 aliphatic heterocycles. The molecule has 10 heavy (non-hydrogen) atoms. The maximum Gasteiger partial charge on any atom is 0.107 e. The van der Waals surface area contributed by atoms with Crippen molar-refractivity contribution in [1.82, 2.24) is 10.4 Å². The van der Waals surface area contributed by atoms with Crippen LogP contribution >= 0.6 is 0 Å². The summed E-state index contributed by atoms with van der Waals surface area (Å²) in [5.41, 5.74) is 3.01. The van der Waals surface area contributed by atoms with Crippen LogP contribution in [0.4, 0.5) is 0 Å². The number of fused-ring (bicyclic) bond motifs is 1. The van der Waals surface area contributed by atoms with Gasteiger partial charge in [-0.25, -0.2) is 5.43 Å². The van der Waals surface area contributed by atoms with Crippen LogP contribution in [0.3, 0.4) is 0 Å². The second-order valence-electron chi connectivity index (χ2n) is 2.42. The lowest BCUT2D eigenvalue weighted by atomic mass is 10.2. The van der Waals surface area contributed by atoms with Crippen LogP contribution < -0.4 is 5.43 Å². The third kappa shape index (κ3) is 0.732. The lowest BCUT2D eigenvalue weighted by molar-refractivity contribution is 0.172. The Kier molecular flexibility index (Phi) is 1.22. The number of rotatable bonds is 0. The van der Waals surface area contributed by atoms with Gasteiger partial charge in [0, 0.05) is 25.2 Å². The van der Waals surface area contributed by atoms with Gasteiger partial charge in [0.25, 0.3) is 0 Å². The average molecular weight is 139 g/mol. The molecule has 2 unspecified atom stereocenters. The molecule has 0 aliphatic carbocycles. The van der Waals surface area contributed by atoms with Gasteiger partial charge in [0.1, 0.15) is 6.04 Å². The summed E-state index contributed by atoms with van der Waals surface area (Å²) in [5, 5.41) is 11.2. The number of aliphatic hydroxyl groups is 1. The molecule has 0 amide bonds. The molecule has 0 aromatic rings. The van der Waals surface area contributed by atoms with Gasteiger partial charge in [-0.3, -0.25) is 4.99 Å². The minimum absolute atomic E-state index is 0.0324. The number of β-amino-alcohol motifs (C(OH)–C–C–N with tert-alkyl or cyclic N) is 1. The molecule has 0 saturated carbocycles. The maximum absolute atomic E-state index is 9.30. The fourth-order valence-electron chi connectivity index (χ4n) is 1.18. The first-order valence-electron chi connectivity index (χ1n) is 3.28. The molecule has 2 aliphatic rings. The van der Waals surface area contributed by atoms with Crippen molar-refractivity contribution in [3.8, 4) is 0 Å². The van der Waals surface area contributed by atoms with Gasteiger partial charge in [-0.2, -0.15) is 0 Å². The van der Waals surface area contributed by atoms with Gasteiger partial charge in [0.15, 0.2) is 0 Å². The molecule has 0 bridgehead atoms. The smallest absolute Gasteiger partial charge is 0.107 e. The molecule has 2 heterocycles. The van der Waals surface area contributed by atoms with Crippen LogP contribution in [0.1, 0.15) is 0 Å². The molecule has 0 radical (unpaired) electrons. The SMILES string of the molecule is OC1CNN2C=CN=CC12. The molecule has 2 atom stereocenters. The van der Waals surface area contributed by atoms with Crippen molar-refractivity contribution in [2.24, 2.45) is 4.99 Å². The minimum Gasteiger partial charge on any atom is -0.389 e. The molecule has 0 aromatic carbocycles. The summed E-state index contributed by atoms with van der Waals surface area (Å²) >= 11 is 0. The second-order valence-corrected chi connectivity index (χ2v) is 2.42. The first kappa shape index (κ1) is 5.88. The fraction of sp³-hybridized carbons (Fsp3) is 0.500. The minimum atomic E-state index is -0.325. The molecule has 0 aromatic heterocycles. The Balaban J connectivity index is 2.19. The Morgan fingerprint density at radius 3 is 3.40 bits per heavy atom. The highest BCUT2D eigenvalue weighted by Crippen LogP contribution is 2.10. The Hall–Kier alpha value is -0.870. The highest BCUT2D eigenvalue weighted by atomic mass is 16.3. The summed E-state index contributed by atoms with van der Waals surface area (Å²) in [5.74, 6) is 0. The summed E-state index contributed by atoms with van der Waals surface area (Å²) in [6, 6.07) is 0.0324. The van der Waals surface area contributed by atoms with Crippen molar-refractivity contribution in [1.29, 1.82) is 0 Å². The number of aliphatic hydroxyl groups excluding tert-OH is 1. The third-order valence-corrected chi connectivity index (χ3v) is 1.75. The zero-order chi connectivity index (χ0) is 6.97. The highest BCUT2D eigenvalue weighted by Gasteiger charge is 2.30. The second kappa shape index (κ2) is 2.07. The number of nitrogens with zero attached hydrogens (tertiary/aromatic N) is 2. The van der Waals surface area contributed by atoms with E-state index in [0.29, 0.717) is 6.54 Å². The van der Waals surface area contributed by atoms with Crippen molar-refractivity contribution in [3.05, 3.63) is 12.4 Å². The largest absolute Gasteiger partial charge is 0.389 e. The average Bonchev–Trinajstić information content (AvgIpc) is 2.34. The summed E-state index contributed by atoms with van der Waals surface area (Å²) in [6.45, 7) is 0.612. The van der Waals surface area contributed by atoms with Crippen LogP contribution in [0.2, 0.25) is 0 Å². The van der Waals surface area contributed by atoms with Crippen LogP contribution in [0.5, 0.6) is 0 Å². The van der Waals surface area contributed by atoms with E-state index in [1.165, 1.54) is 0 Å². The Morgan fingerprint density at radius 1 is 1.70 bits per heavy atom. The lowest BCUT2D eigenvalue weighted by Gasteiger charge is -2.21. The van der Waals surface area contributed by atoms with Gasteiger partial charge in [-0.1, -0.05) is 0 Å². The van der Waals surface area contributed by atoms with E-state index >= 15 is 0 Å². The molecule has 1 fully saturated rings. The molecule has 1 saturated heterocycles. The Labute approximate surface area is 58.8 Å². The van der Waals surface area contributed by atoms with E-state index in [2.05, 4.69) is 10.4 Å². The number of nitrogens with one attached hydrogen (secondary N) is 1. The van der Waals surface area contributed by atoms with Crippen LogP contribution in [-0.4, -0.2) is 35.0 Å². The van der Waals surface area contributed by atoms with Crippen LogP contribution in [-0.2, 0) is 0 Å². The molecule has 2 rings (SSSR count). The van der Waals surface area contributed by atoms with Crippen molar-refractivity contribution < 1.29 is 5.11 Å². The molecule has 4 heteroatoms. The van der Waals surface area contributed by atoms with Crippen LogP contribution in [0, 0.1) is 0 Å². The normalized spacial score (nSPS) is 36.7. The maximum atomic E-state index is 9.30. The van der Waals surface area contributed by atoms with E-state index in [1.54, 1.807) is 12.4 Å². The molecule has 4 nitrogen and oxygen atoms in total. The monoisotopic (exact) mass is 139 g/mol. The number of hydrazine groups is 1. The molecule has 0 spiro atoms. The molecule has 54 valence electrons. The van der Waals surface area contributed by atoms with E-state index in [-0.39, 0.29) is 12.1 Å². The third-order valence-electron chi connectivity index (χ3n) is 1.75. The van der Waals surface area contributed by atoms with Gasteiger partial charge >= 0.3 is 0 Å². The van der Waals surface area contributed by atoms with Crippen LogP contribution in [0.15, 0.2) is 17.4 Å². The van der Waals surface area contributed by atoms with Gasteiger partial charge in [-0.05, 0) is 0 Å². The molecular weight excluding hydrogens is 130 g/mol. The van der Waals surface area contributed by atoms with E-state index < -0.39 is 0 Å².